The van der Waals surface area contributed by atoms with Crippen LogP contribution < -0.4 is 5.73 Å². The lowest BCUT2D eigenvalue weighted by Gasteiger charge is -2.42. The fraction of sp³-hybridized carbons (Fsp3) is 0.500. The van der Waals surface area contributed by atoms with Crippen LogP contribution in [0.4, 0.5) is 0 Å². The number of hydrogen-bond donors (Lipinski definition) is 2. The summed E-state index contributed by atoms with van der Waals surface area (Å²) in [6.45, 7) is 5.72. The summed E-state index contributed by atoms with van der Waals surface area (Å²) in [4.78, 5) is 14.5. The van der Waals surface area contributed by atoms with Gasteiger partial charge in [-0.05, 0) is 17.9 Å². The maximum Gasteiger partial charge on any atom is 0.228 e. The van der Waals surface area contributed by atoms with Gasteiger partial charge in [0.2, 0.25) is 5.91 Å². The SMILES string of the molecule is CC1(C)CN(C(=O)Cc2[nH]nc3ccccc23)CCC1N. The van der Waals surface area contributed by atoms with Gasteiger partial charge in [-0.3, -0.25) is 9.89 Å². The van der Waals surface area contributed by atoms with Crippen LogP contribution in [0.3, 0.4) is 0 Å². The molecule has 2 aromatic rings. The van der Waals surface area contributed by atoms with E-state index in [4.69, 9.17) is 5.73 Å². The Bertz CT molecular complexity index is 661. The van der Waals surface area contributed by atoms with Crippen molar-refractivity contribution in [2.75, 3.05) is 13.1 Å². The highest BCUT2D eigenvalue weighted by Gasteiger charge is 2.35. The van der Waals surface area contributed by atoms with Crippen molar-refractivity contribution in [3.8, 4) is 0 Å². The van der Waals surface area contributed by atoms with Crippen molar-refractivity contribution in [1.29, 1.82) is 0 Å². The maximum atomic E-state index is 12.5. The predicted molar refractivity (Wildman–Crippen MR) is 82.8 cm³/mol. The first kappa shape index (κ1) is 14.1. The van der Waals surface area contributed by atoms with Crippen LogP contribution >= 0.6 is 0 Å². The van der Waals surface area contributed by atoms with Gasteiger partial charge in [-0.2, -0.15) is 5.10 Å². The van der Waals surface area contributed by atoms with Gasteiger partial charge >= 0.3 is 0 Å². The van der Waals surface area contributed by atoms with E-state index in [0.717, 1.165) is 36.1 Å². The van der Waals surface area contributed by atoms with Crippen LogP contribution in [0.25, 0.3) is 10.9 Å². The highest BCUT2D eigenvalue weighted by Crippen LogP contribution is 2.28. The summed E-state index contributed by atoms with van der Waals surface area (Å²) in [6.07, 6.45) is 1.23. The highest BCUT2D eigenvalue weighted by molar-refractivity contribution is 5.87. The quantitative estimate of drug-likeness (QED) is 0.882. The molecule has 3 N–H and O–H groups in total. The summed E-state index contributed by atoms with van der Waals surface area (Å²) in [7, 11) is 0. The number of aromatic amines is 1. The summed E-state index contributed by atoms with van der Waals surface area (Å²) in [5.74, 6) is 0.143. The second-order valence-corrected chi connectivity index (χ2v) is 6.60. The normalized spacial score (nSPS) is 21.7. The molecule has 1 aliphatic rings. The predicted octanol–water partition coefficient (Wildman–Crippen LogP) is 1.69. The van der Waals surface area contributed by atoms with Crippen molar-refractivity contribution < 1.29 is 4.79 Å². The number of para-hydroxylation sites is 1. The highest BCUT2D eigenvalue weighted by atomic mass is 16.2. The lowest BCUT2D eigenvalue weighted by Crippen LogP contribution is -2.54. The number of nitrogens with two attached hydrogens (primary N) is 1. The van der Waals surface area contributed by atoms with Crippen LogP contribution in [-0.2, 0) is 11.2 Å². The summed E-state index contributed by atoms with van der Waals surface area (Å²) in [6, 6.07) is 8.02. The van der Waals surface area contributed by atoms with Crippen LogP contribution in [0.1, 0.15) is 26.0 Å². The van der Waals surface area contributed by atoms with Crippen molar-refractivity contribution in [2.45, 2.75) is 32.7 Å². The molecule has 1 atom stereocenters. The molecule has 5 heteroatoms. The van der Waals surface area contributed by atoms with E-state index in [-0.39, 0.29) is 17.4 Å². The molecule has 2 heterocycles. The van der Waals surface area contributed by atoms with E-state index < -0.39 is 0 Å². The summed E-state index contributed by atoms with van der Waals surface area (Å²) in [5, 5.41) is 8.26. The number of piperidine rings is 1. The van der Waals surface area contributed by atoms with Crippen LogP contribution in [-0.4, -0.2) is 40.1 Å². The number of nitrogens with zero attached hydrogens (tertiary/aromatic N) is 2. The molecule has 1 aliphatic heterocycles. The maximum absolute atomic E-state index is 12.5. The van der Waals surface area contributed by atoms with Gasteiger partial charge in [0, 0.05) is 24.5 Å². The van der Waals surface area contributed by atoms with Gasteiger partial charge in [-0.1, -0.05) is 32.0 Å². The second kappa shape index (κ2) is 5.15. The molecular formula is C16H22N4O. The Morgan fingerprint density at radius 2 is 2.24 bits per heavy atom. The van der Waals surface area contributed by atoms with Gasteiger partial charge in [0.15, 0.2) is 0 Å². The van der Waals surface area contributed by atoms with Gasteiger partial charge < -0.3 is 10.6 Å². The number of carbonyl (C=O) groups is 1. The van der Waals surface area contributed by atoms with E-state index in [2.05, 4.69) is 24.0 Å². The molecule has 1 aromatic heterocycles. The topological polar surface area (TPSA) is 75.0 Å². The zero-order chi connectivity index (χ0) is 15.0. The van der Waals surface area contributed by atoms with Gasteiger partial charge in [-0.15, -0.1) is 0 Å². The minimum absolute atomic E-state index is 0.0238. The zero-order valence-corrected chi connectivity index (χ0v) is 12.6. The first-order chi connectivity index (χ1) is 9.97. The Labute approximate surface area is 124 Å². The Morgan fingerprint density at radius 1 is 1.48 bits per heavy atom. The molecule has 1 amide bonds. The van der Waals surface area contributed by atoms with Gasteiger partial charge in [0.1, 0.15) is 0 Å². The molecule has 0 spiro atoms. The molecule has 1 aromatic carbocycles. The molecule has 3 rings (SSSR count). The van der Waals surface area contributed by atoms with E-state index in [1.165, 1.54) is 0 Å². The number of hydrogen-bond acceptors (Lipinski definition) is 3. The van der Waals surface area contributed by atoms with Crippen molar-refractivity contribution in [2.24, 2.45) is 11.1 Å². The molecule has 21 heavy (non-hydrogen) atoms. The Kier molecular flexibility index (Phi) is 3.45. The first-order valence-corrected chi connectivity index (χ1v) is 7.43. The number of benzene rings is 1. The summed E-state index contributed by atoms with van der Waals surface area (Å²) in [5.41, 5.74) is 7.90. The fourth-order valence-corrected chi connectivity index (χ4v) is 3.00. The van der Waals surface area contributed by atoms with E-state index in [1.54, 1.807) is 0 Å². The third kappa shape index (κ3) is 2.65. The number of carbonyl (C=O) groups excluding carboxylic acids is 1. The van der Waals surface area contributed by atoms with Crippen molar-refractivity contribution in [3.05, 3.63) is 30.0 Å². The smallest absolute Gasteiger partial charge is 0.228 e. The number of nitrogens with one attached hydrogen (secondary N) is 1. The average Bonchev–Trinajstić information content (AvgIpc) is 2.85. The van der Waals surface area contributed by atoms with E-state index in [9.17, 15) is 4.79 Å². The number of rotatable bonds is 2. The van der Waals surface area contributed by atoms with E-state index >= 15 is 0 Å². The molecule has 1 fully saturated rings. The minimum atomic E-state index is -0.0238. The fourth-order valence-electron chi connectivity index (χ4n) is 3.00. The largest absolute Gasteiger partial charge is 0.342 e. The third-order valence-corrected chi connectivity index (χ3v) is 4.53. The molecule has 5 nitrogen and oxygen atoms in total. The van der Waals surface area contributed by atoms with Crippen molar-refractivity contribution in [3.63, 3.8) is 0 Å². The van der Waals surface area contributed by atoms with Gasteiger partial charge in [-0.25, -0.2) is 0 Å². The molecule has 112 valence electrons. The Balaban J connectivity index is 1.75. The third-order valence-electron chi connectivity index (χ3n) is 4.53. The average molecular weight is 286 g/mol. The summed E-state index contributed by atoms with van der Waals surface area (Å²) < 4.78 is 0. The standard InChI is InChI=1S/C16H22N4O/c1-16(2)10-20(8-7-14(16)17)15(21)9-13-11-5-3-4-6-12(11)18-19-13/h3-6,14H,7-10,17H2,1-2H3,(H,18,19). The molecular weight excluding hydrogens is 264 g/mol. The molecule has 1 saturated heterocycles. The minimum Gasteiger partial charge on any atom is -0.342 e. The molecule has 0 bridgehead atoms. The van der Waals surface area contributed by atoms with E-state index in [1.807, 2.05) is 29.2 Å². The number of likely N-dealkylation sites (tertiary alicyclic amines) is 1. The number of H-pyrrole nitrogens is 1. The van der Waals surface area contributed by atoms with Crippen molar-refractivity contribution in [1.82, 2.24) is 15.1 Å². The number of fused-ring (bicyclic) bond motifs is 1. The second-order valence-electron chi connectivity index (χ2n) is 6.60. The molecule has 1 unspecified atom stereocenters. The lowest BCUT2D eigenvalue weighted by atomic mass is 9.79. The lowest BCUT2D eigenvalue weighted by molar-refractivity contribution is -0.133. The Morgan fingerprint density at radius 3 is 3.00 bits per heavy atom. The van der Waals surface area contributed by atoms with Crippen molar-refractivity contribution >= 4 is 16.8 Å². The van der Waals surface area contributed by atoms with Gasteiger partial charge in [0.05, 0.1) is 17.6 Å². The molecule has 0 saturated carbocycles. The van der Waals surface area contributed by atoms with Crippen LogP contribution in [0.2, 0.25) is 0 Å². The Hall–Kier alpha value is -1.88. The molecule has 0 aliphatic carbocycles. The van der Waals surface area contributed by atoms with Crippen LogP contribution in [0.5, 0.6) is 0 Å². The summed E-state index contributed by atoms with van der Waals surface area (Å²) >= 11 is 0. The zero-order valence-electron chi connectivity index (χ0n) is 12.6. The number of aromatic nitrogens is 2. The van der Waals surface area contributed by atoms with Crippen LogP contribution in [0, 0.1) is 5.41 Å². The number of amides is 1. The van der Waals surface area contributed by atoms with Gasteiger partial charge in [0.25, 0.3) is 0 Å². The first-order valence-electron chi connectivity index (χ1n) is 7.43. The molecule has 0 radical (unpaired) electrons. The van der Waals surface area contributed by atoms with E-state index in [0.29, 0.717) is 6.42 Å². The van der Waals surface area contributed by atoms with Crippen LogP contribution in [0.15, 0.2) is 24.3 Å². The monoisotopic (exact) mass is 286 g/mol.